The molecule has 0 amide bonds. The Kier molecular flexibility index (Phi) is 2.37. The van der Waals surface area contributed by atoms with Crippen molar-refractivity contribution in [1.82, 2.24) is 0 Å². The second-order valence-electron chi connectivity index (χ2n) is 4.10. The highest BCUT2D eigenvalue weighted by atomic mass is 16.3. The highest BCUT2D eigenvalue weighted by molar-refractivity contribution is 5.98. The van der Waals surface area contributed by atoms with E-state index in [2.05, 4.69) is 23.3 Å². The molecule has 0 atom stereocenters. The molecule has 0 aromatic heterocycles. The van der Waals surface area contributed by atoms with Gasteiger partial charge in [-0.05, 0) is 21.9 Å². The fraction of sp³-hybridized carbons (Fsp3) is 0.143. The minimum Gasteiger partial charge on any atom is -0.857 e. The van der Waals surface area contributed by atoms with Gasteiger partial charge in [-0.1, -0.05) is 41.1 Å². The lowest BCUT2D eigenvalue weighted by Gasteiger charge is -1.99. The van der Waals surface area contributed by atoms with E-state index in [9.17, 15) is 5.11 Å². The molecule has 0 aliphatic carbocycles. The predicted octanol–water partition coefficient (Wildman–Crippen LogP) is 1.35. The molecule has 3 nitrogen and oxygen atoms in total. The quantitative estimate of drug-likeness (QED) is 0.674. The second-order valence-corrected chi connectivity index (χ2v) is 4.10. The van der Waals surface area contributed by atoms with Gasteiger partial charge in [-0.25, -0.2) is 0 Å². The van der Waals surface area contributed by atoms with Crippen LogP contribution in [-0.2, 0) is 0 Å². The van der Waals surface area contributed by atoms with Crippen LogP contribution in [0.4, 0.5) is 0 Å². The smallest absolute Gasteiger partial charge is 0.204 e. The van der Waals surface area contributed by atoms with E-state index in [1.807, 2.05) is 30.5 Å². The standard InChI is InChI=1S/C14H12N2O/c17-14-8-9-16(15-14)10-12-6-3-5-11-4-1-2-7-13(11)12/h1-7,10H,8-9H2/b16-10+. The molecule has 0 bridgehead atoms. The highest BCUT2D eigenvalue weighted by Crippen LogP contribution is 2.17. The monoisotopic (exact) mass is 224 g/mol. The van der Waals surface area contributed by atoms with Crippen molar-refractivity contribution in [1.29, 1.82) is 0 Å². The van der Waals surface area contributed by atoms with E-state index in [1.165, 1.54) is 10.8 Å². The third-order valence-corrected chi connectivity index (χ3v) is 2.91. The van der Waals surface area contributed by atoms with Gasteiger partial charge in [0.25, 0.3) is 0 Å². The van der Waals surface area contributed by atoms with Gasteiger partial charge in [-0.2, -0.15) is 0 Å². The van der Waals surface area contributed by atoms with Crippen LogP contribution in [0.5, 0.6) is 0 Å². The van der Waals surface area contributed by atoms with Crippen molar-refractivity contribution >= 4 is 22.9 Å². The SMILES string of the molecule is [O-]C1=N/[N+](=C/c2cccc3ccccc23)CC1. The molecule has 0 unspecified atom stereocenters. The lowest BCUT2D eigenvalue weighted by Crippen LogP contribution is -2.13. The fourth-order valence-electron chi connectivity index (χ4n) is 2.07. The molecule has 3 rings (SSSR count). The summed E-state index contributed by atoms with van der Waals surface area (Å²) in [5.74, 6) is -0.0403. The molecule has 0 saturated heterocycles. The zero-order chi connectivity index (χ0) is 11.7. The van der Waals surface area contributed by atoms with E-state index >= 15 is 0 Å². The summed E-state index contributed by atoms with van der Waals surface area (Å²) >= 11 is 0. The van der Waals surface area contributed by atoms with Gasteiger partial charge in [0.2, 0.25) is 6.21 Å². The molecule has 0 N–H and O–H groups in total. The Hall–Kier alpha value is -2.16. The molecule has 3 heteroatoms. The first-order valence-electron chi connectivity index (χ1n) is 5.67. The summed E-state index contributed by atoms with van der Waals surface area (Å²) in [4.78, 5) is 0. The summed E-state index contributed by atoms with van der Waals surface area (Å²) in [6.07, 6.45) is 2.45. The lowest BCUT2D eigenvalue weighted by molar-refractivity contribution is -0.519. The Morgan fingerprint density at radius 1 is 1.12 bits per heavy atom. The van der Waals surface area contributed by atoms with Gasteiger partial charge in [0.05, 0.1) is 0 Å². The topological polar surface area (TPSA) is 38.4 Å². The van der Waals surface area contributed by atoms with Gasteiger partial charge < -0.3 is 5.11 Å². The van der Waals surface area contributed by atoms with Crippen LogP contribution in [-0.4, -0.2) is 23.3 Å². The zero-order valence-corrected chi connectivity index (χ0v) is 9.34. The third-order valence-electron chi connectivity index (χ3n) is 2.91. The minimum atomic E-state index is -0.0403. The van der Waals surface area contributed by atoms with Crippen molar-refractivity contribution in [2.75, 3.05) is 6.54 Å². The van der Waals surface area contributed by atoms with E-state index < -0.39 is 0 Å². The Morgan fingerprint density at radius 3 is 2.76 bits per heavy atom. The van der Waals surface area contributed by atoms with E-state index in [0.29, 0.717) is 13.0 Å². The Morgan fingerprint density at radius 2 is 1.94 bits per heavy atom. The summed E-state index contributed by atoms with van der Waals surface area (Å²) in [7, 11) is 0. The molecule has 1 aliphatic heterocycles. The largest absolute Gasteiger partial charge is 0.857 e. The molecule has 1 heterocycles. The van der Waals surface area contributed by atoms with Crippen LogP contribution in [0.2, 0.25) is 0 Å². The normalized spacial score (nSPS) is 17.6. The van der Waals surface area contributed by atoms with Crippen LogP contribution < -0.4 is 5.11 Å². The summed E-state index contributed by atoms with van der Waals surface area (Å²) in [6.45, 7) is 0.683. The molecule has 0 spiro atoms. The van der Waals surface area contributed by atoms with Crippen molar-refractivity contribution in [2.24, 2.45) is 5.10 Å². The number of hydrazone groups is 1. The predicted molar refractivity (Wildman–Crippen MR) is 66.3 cm³/mol. The molecular weight excluding hydrogens is 212 g/mol. The number of rotatable bonds is 1. The van der Waals surface area contributed by atoms with Gasteiger partial charge in [-0.15, -0.1) is 0 Å². The van der Waals surface area contributed by atoms with Crippen molar-refractivity contribution in [2.45, 2.75) is 6.42 Å². The number of hydrogen-bond donors (Lipinski definition) is 0. The lowest BCUT2D eigenvalue weighted by atomic mass is 10.1. The summed E-state index contributed by atoms with van der Waals surface area (Å²) < 4.78 is 1.73. The molecule has 0 saturated carbocycles. The van der Waals surface area contributed by atoms with Crippen LogP contribution in [0.15, 0.2) is 47.6 Å². The van der Waals surface area contributed by atoms with Crippen LogP contribution in [0.3, 0.4) is 0 Å². The second kappa shape index (κ2) is 4.01. The number of benzene rings is 2. The number of hydrogen-bond acceptors (Lipinski definition) is 2. The molecule has 2 aromatic carbocycles. The molecule has 2 aromatic rings. The van der Waals surface area contributed by atoms with Gasteiger partial charge in [0.1, 0.15) is 0 Å². The maximum Gasteiger partial charge on any atom is 0.204 e. The average molecular weight is 224 g/mol. The molecule has 17 heavy (non-hydrogen) atoms. The van der Waals surface area contributed by atoms with Crippen molar-refractivity contribution in [3.8, 4) is 0 Å². The van der Waals surface area contributed by atoms with Crippen molar-refractivity contribution in [3.05, 3.63) is 48.0 Å². The van der Waals surface area contributed by atoms with Gasteiger partial charge in [0.15, 0.2) is 6.54 Å². The summed E-state index contributed by atoms with van der Waals surface area (Å²) in [6, 6.07) is 14.4. The average Bonchev–Trinajstić information content (AvgIpc) is 2.75. The molecule has 1 aliphatic rings. The number of fused-ring (bicyclic) bond motifs is 1. The van der Waals surface area contributed by atoms with Gasteiger partial charge in [0, 0.05) is 17.9 Å². The molecule has 0 fully saturated rings. The van der Waals surface area contributed by atoms with E-state index in [0.717, 1.165) is 5.56 Å². The first kappa shape index (κ1) is 10.0. The fourth-order valence-corrected chi connectivity index (χ4v) is 2.07. The first-order chi connectivity index (χ1) is 8.33. The molecular formula is C14H12N2O. The minimum absolute atomic E-state index is 0.0403. The van der Waals surface area contributed by atoms with Crippen LogP contribution in [0.1, 0.15) is 12.0 Å². The first-order valence-corrected chi connectivity index (χ1v) is 5.67. The zero-order valence-electron chi connectivity index (χ0n) is 9.34. The van der Waals surface area contributed by atoms with E-state index in [4.69, 9.17) is 0 Å². The molecule has 84 valence electrons. The van der Waals surface area contributed by atoms with Crippen LogP contribution in [0, 0.1) is 0 Å². The van der Waals surface area contributed by atoms with E-state index in [-0.39, 0.29) is 5.90 Å². The highest BCUT2D eigenvalue weighted by Gasteiger charge is 2.12. The third kappa shape index (κ3) is 1.91. The Labute approximate surface area is 99.3 Å². The maximum absolute atomic E-state index is 11.1. The Bertz CT molecular complexity index is 624. The van der Waals surface area contributed by atoms with E-state index in [1.54, 1.807) is 4.68 Å². The maximum atomic E-state index is 11.1. The summed E-state index contributed by atoms with van der Waals surface area (Å²) in [5.41, 5.74) is 1.10. The molecule has 0 radical (unpaired) electrons. The summed E-state index contributed by atoms with van der Waals surface area (Å²) in [5, 5.41) is 17.4. The van der Waals surface area contributed by atoms with Crippen LogP contribution in [0.25, 0.3) is 10.8 Å². The van der Waals surface area contributed by atoms with Crippen LogP contribution >= 0.6 is 0 Å². The van der Waals surface area contributed by atoms with Gasteiger partial charge >= 0.3 is 0 Å². The van der Waals surface area contributed by atoms with Crippen molar-refractivity contribution < 1.29 is 9.79 Å². The number of nitrogens with zero attached hydrogens (tertiary/aromatic N) is 2. The Balaban J connectivity index is 2.12. The van der Waals surface area contributed by atoms with Gasteiger partial charge in [-0.3, -0.25) is 0 Å². The van der Waals surface area contributed by atoms with Crippen molar-refractivity contribution in [3.63, 3.8) is 0 Å².